The normalized spacial score (nSPS) is 13.2. The van der Waals surface area contributed by atoms with Gasteiger partial charge in [-0.3, -0.25) is 0 Å². The molecule has 0 atom stereocenters. The van der Waals surface area contributed by atoms with Gasteiger partial charge >= 0.3 is 0 Å². The molecule has 138 heavy (non-hydrogen) atoms. The van der Waals surface area contributed by atoms with E-state index in [1.54, 1.807) is 149 Å². The van der Waals surface area contributed by atoms with Crippen molar-refractivity contribution in [3.8, 4) is 11.5 Å². The molecule has 2 aromatic heterocycles. The Hall–Kier alpha value is -16.6. The van der Waals surface area contributed by atoms with Crippen molar-refractivity contribution in [1.82, 2.24) is 0 Å². The van der Waals surface area contributed by atoms with Crippen LogP contribution in [0.1, 0.15) is 0 Å². The van der Waals surface area contributed by atoms with Crippen molar-refractivity contribution in [3.05, 3.63) is 440 Å². The highest BCUT2D eigenvalue weighted by molar-refractivity contribution is 7.34. The Bertz CT molecular complexity index is 8430. The fourth-order valence-electron chi connectivity index (χ4n) is 21.5. The van der Waals surface area contributed by atoms with E-state index < -0.39 is 118 Å². The number of ether oxygens (including phenoxy) is 1. The van der Waals surface area contributed by atoms with Gasteiger partial charge < -0.3 is 43.9 Å². The molecule has 20 aromatic rings. The average Bonchev–Trinajstić information content (AvgIpc) is 1.15. The van der Waals surface area contributed by atoms with Crippen LogP contribution < -0.4 is 91.7 Å². The first kappa shape index (κ1) is 82.1. The standard InChI is InChI=1S/C112H61B3F12N8OS2/c116-75-36-15-17-48-87(75)131-92-52-66(129(64-30-9-3-10-31-64)106-77(118)38-21-39-78(106)119)54-94-101(92)114(111-104(131)69-34-13-19-50-99(69)137-111)72-58-71-89(60-90(72)133(94)108-81(122)42-23-43-82(108)123)134(109-83(124)44-24-45-84(109)125)96-56-68(128(62-26-5-1-6-27-62)63-28-7-2-8-29-63)57-98-103(96)113(71)74-59-73-91(61-97(74)136-98)135(110-85(126)46-25-47-86(110)127)95-55-67(130(65-32-11-4-12-33-65)107-79(120)40-22-41-80(107)121)53-93-102(95)115(73)112-105(70-35-14-20-51-100(70)138-112)132(93)88-49-18-16-37-76(88)117/h1-61H. The summed E-state index contributed by atoms with van der Waals surface area (Å²) in [5.74, 6) is -11.5. The Labute approximate surface area is 790 Å². The van der Waals surface area contributed by atoms with Crippen LogP contribution in [0.2, 0.25) is 0 Å². The Morgan fingerprint density at radius 3 is 0.870 bits per heavy atom. The molecule has 6 aliphatic heterocycles. The van der Waals surface area contributed by atoms with Gasteiger partial charge in [-0.1, -0.05) is 176 Å². The highest BCUT2D eigenvalue weighted by atomic mass is 32.1. The summed E-state index contributed by atoms with van der Waals surface area (Å²) in [5.41, 5.74) is 3.52. The van der Waals surface area contributed by atoms with E-state index in [0.29, 0.717) is 87.0 Å². The maximum absolute atomic E-state index is 18.7. The predicted octanol–water partition coefficient (Wildman–Crippen LogP) is 26.8. The van der Waals surface area contributed by atoms with E-state index in [1.165, 1.54) is 89.6 Å². The van der Waals surface area contributed by atoms with Gasteiger partial charge in [0, 0.05) is 110 Å². The molecule has 18 aromatic carbocycles. The van der Waals surface area contributed by atoms with E-state index in [4.69, 9.17) is 4.74 Å². The third-order valence-corrected chi connectivity index (χ3v) is 29.4. The largest absolute Gasteiger partial charge is 0.458 e. The van der Waals surface area contributed by atoms with Crippen LogP contribution >= 0.6 is 22.7 Å². The van der Waals surface area contributed by atoms with Gasteiger partial charge in [0.25, 0.3) is 20.1 Å². The van der Waals surface area contributed by atoms with Crippen molar-refractivity contribution < 1.29 is 57.4 Å². The number of benzene rings is 18. The lowest BCUT2D eigenvalue weighted by molar-refractivity contribution is 0.487. The van der Waals surface area contributed by atoms with Gasteiger partial charge in [-0.15, -0.1) is 22.7 Å². The highest BCUT2D eigenvalue weighted by Crippen LogP contribution is 2.58. The van der Waals surface area contributed by atoms with Crippen molar-refractivity contribution in [3.63, 3.8) is 0 Å². The van der Waals surface area contributed by atoms with Gasteiger partial charge in [-0.2, -0.15) is 0 Å². The SMILES string of the molecule is Fc1ccccc1N1c2cc(N(c3ccccc3)c3c(F)cccc3F)cc3c2B(c2cc4c(cc2N3c2c(F)cccc2F)Oc2cc(N(c3ccccc3)c3ccccc3)cc3c2B4c2cc4c(cc2N3c2c(F)cccc2F)N(c2c(F)cccc2F)c2cc(N(c3ccccc3)c3c(F)cccc3F)cc3c2B4c2sc4ccccc4c2N3c2ccccc2F)c2sc3ccccc3c21. The number of thiophene rings is 2. The number of hydrogen-bond acceptors (Lipinski definition) is 11. The lowest BCUT2D eigenvalue weighted by atomic mass is 9.30. The van der Waals surface area contributed by atoms with Crippen molar-refractivity contribution in [2.75, 3.05) is 39.2 Å². The molecule has 0 saturated carbocycles. The van der Waals surface area contributed by atoms with Crippen LogP contribution in [0.5, 0.6) is 11.5 Å². The summed E-state index contributed by atoms with van der Waals surface area (Å²) in [6.07, 6.45) is 0. The van der Waals surface area contributed by atoms with Crippen LogP contribution in [0.15, 0.2) is 370 Å². The minimum absolute atomic E-state index is 0.0221. The lowest BCUT2D eigenvalue weighted by Gasteiger charge is -2.47. The Morgan fingerprint density at radius 2 is 0.493 bits per heavy atom. The monoisotopic (exact) mass is 1860 g/mol. The van der Waals surface area contributed by atoms with Crippen LogP contribution in [0, 0.1) is 69.8 Å². The Balaban J connectivity index is 0.818. The summed E-state index contributed by atoms with van der Waals surface area (Å²) >= 11 is 2.78. The molecule has 0 N–H and O–H groups in total. The molecule has 0 bridgehead atoms. The first-order valence-electron chi connectivity index (χ1n) is 44.4. The smallest absolute Gasteiger partial charge is 0.264 e. The Kier molecular flexibility index (Phi) is 18.8. The number of anilines is 24. The van der Waals surface area contributed by atoms with Crippen molar-refractivity contribution in [1.29, 1.82) is 0 Å². The quantitative estimate of drug-likeness (QED) is 0.0781. The van der Waals surface area contributed by atoms with Gasteiger partial charge in [0.2, 0.25) is 0 Å². The number of fused-ring (bicyclic) bond motifs is 16. The first-order valence-corrected chi connectivity index (χ1v) is 46.0. The molecule has 0 aliphatic carbocycles. The van der Waals surface area contributed by atoms with E-state index in [0.717, 1.165) is 70.1 Å². The van der Waals surface area contributed by atoms with E-state index in [9.17, 15) is 0 Å². The van der Waals surface area contributed by atoms with Gasteiger partial charge in [-0.05, 0) is 220 Å². The van der Waals surface area contributed by atoms with Gasteiger partial charge in [0.15, 0.2) is 0 Å². The lowest BCUT2D eigenvalue weighted by Crippen LogP contribution is -2.65. The fourth-order valence-corrected chi connectivity index (χ4v) is 24.1. The number of para-hydroxylation sites is 11. The summed E-state index contributed by atoms with van der Waals surface area (Å²) in [7, 11) is 0. The zero-order chi connectivity index (χ0) is 93.1. The number of hydrogen-bond donors (Lipinski definition) is 0. The number of nitrogens with zero attached hydrogens (tertiary/aromatic N) is 8. The number of halogens is 12. The van der Waals surface area contributed by atoms with Crippen LogP contribution in [-0.4, -0.2) is 20.1 Å². The number of rotatable bonds is 14. The molecular formula is C112H61B3F12N8OS2. The van der Waals surface area contributed by atoms with E-state index in [1.807, 2.05) is 132 Å². The molecule has 0 radical (unpaired) electrons. The average molecular weight is 1860 g/mol. The summed E-state index contributed by atoms with van der Waals surface area (Å²) < 4.78 is 227. The molecule has 0 amide bonds. The second kappa shape index (κ2) is 31.5. The molecule has 26 heteroatoms. The van der Waals surface area contributed by atoms with Crippen LogP contribution in [0.4, 0.5) is 189 Å². The first-order chi connectivity index (χ1) is 67.5. The van der Waals surface area contributed by atoms with Gasteiger partial charge in [-0.25, -0.2) is 52.7 Å². The minimum atomic E-state index is -1.22. The molecule has 8 heterocycles. The van der Waals surface area contributed by atoms with Crippen LogP contribution in [0.25, 0.3) is 20.2 Å². The van der Waals surface area contributed by atoms with Crippen molar-refractivity contribution >= 4 is 247 Å². The zero-order valence-corrected chi connectivity index (χ0v) is 73.4. The van der Waals surface area contributed by atoms with Gasteiger partial charge in [0.1, 0.15) is 110 Å². The van der Waals surface area contributed by atoms with Crippen molar-refractivity contribution in [2.24, 2.45) is 0 Å². The molecule has 0 spiro atoms. The molecule has 0 saturated heterocycles. The minimum Gasteiger partial charge on any atom is -0.458 e. The summed E-state index contributed by atoms with van der Waals surface area (Å²) in [6.45, 7) is -3.37. The molecular weight excluding hydrogens is 1800 g/mol. The maximum atomic E-state index is 18.7. The van der Waals surface area contributed by atoms with Crippen LogP contribution in [-0.2, 0) is 0 Å². The third-order valence-electron chi connectivity index (χ3n) is 26.9. The third kappa shape index (κ3) is 12.3. The molecule has 660 valence electrons. The highest BCUT2D eigenvalue weighted by Gasteiger charge is 2.54. The summed E-state index contributed by atoms with van der Waals surface area (Å²) in [5, 5.41) is 1.29. The topological polar surface area (TPSA) is 35.2 Å². The van der Waals surface area contributed by atoms with E-state index in [2.05, 4.69) is 0 Å². The van der Waals surface area contributed by atoms with Crippen LogP contribution in [0.3, 0.4) is 0 Å². The van der Waals surface area contributed by atoms with Crippen molar-refractivity contribution in [2.45, 2.75) is 0 Å². The second-order valence-corrected chi connectivity index (χ2v) is 36.6. The van der Waals surface area contributed by atoms with Gasteiger partial charge in [0.05, 0.1) is 39.8 Å². The van der Waals surface area contributed by atoms with E-state index >= 15 is 52.7 Å². The van der Waals surface area contributed by atoms with E-state index in [-0.39, 0.29) is 91.1 Å². The zero-order valence-electron chi connectivity index (χ0n) is 71.8. The Morgan fingerprint density at radius 1 is 0.203 bits per heavy atom. The second-order valence-electron chi connectivity index (χ2n) is 34.4. The summed E-state index contributed by atoms with van der Waals surface area (Å²) in [4.78, 5) is 12.4. The maximum Gasteiger partial charge on any atom is 0.264 e. The molecule has 0 unspecified atom stereocenters. The predicted molar refractivity (Wildman–Crippen MR) is 535 cm³/mol. The summed E-state index contributed by atoms with van der Waals surface area (Å²) in [6, 6.07) is 97.6. The molecule has 9 nitrogen and oxygen atoms in total. The molecule has 26 rings (SSSR count). The fraction of sp³-hybridized carbons (Fsp3) is 0. The molecule has 6 aliphatic rings. The molecule has 0 fully saturated rings.